The number of carbonyl (C=O) groups is 1. The van der Waals surface area contributed by atoms with E-state index in [9.17, 15) is 0 Å². The fourth-order valence-corrected chi connectivity index (χ4v) is 1.19. The molecular formula is C9H11NaO2. The molecule has 0 radical (unpaired) electrons. The topological polar surface area (TPSA) is 37.3 Å². The van der Waals surface area contributed by atoms with Gasteiger partial charge in [0, 0.05) is 6.92 Å². The molecule has 0 amide bonds. The summed E-state index contributed by atoms with van der Waals surface area (Å²) < 4.78 is 1.28. The van der Waals surface area contributed by atoms with Crippen molar-refractivity contribution in [3.8, 4) is 0 Å². The van der Waals surface area contributed by atoms with Gasteiger partial charge in [-0.3, -0.25) is 4.79 Å². The first-order valence-electron chi connectivity index (χ1n) is 3.90. The zero-order valence-corrected chi connectivity index (χ0v) is 9.45. The Morgan fingerprint density at radius 3 is 2.08 bits per heavy atom. The molecule has 1 aromatic rings. The van der Waals surface area contributed by atoms with Crippen LogP contribution in [0.15, 0.2) is 30.3 Å². The van der Waals surface area contributed by atoms with Crippen molar-refractivity contribution in [2.45, 2.75) is 10.6 Å². The van der Waals surface area contributed by atoms with E-state index in [1.165, 1.54) is 37.2 Å². The Labute approximate surface area is 90.0 Å². The van der Waals surface area contributed by atoms with E-state index in [2.05, 4.69) is 30.3 Å². The quantitative estimate of drug-likeness (QED) is 0.654. The number of rotatable bonds is 1. The molecule has 0 unspecified atom stereocenters. The zero-order chi connectivity index (χ0) is 9.40. The standard InChI is InChI=1S/C7H7.C2H4O2.Na/c1-7-5-3-2-4-6-7;1-2(3)4;/h2-6H,1H2;1H3,(H,3,4);. The Balaban J connectivity index is 0.000000261. The molecule has 0 saturated heterocycles. The van der Waals surface area contributed by atoms with Gasteiger partial charge in [-0.15, -0.1) is 0 Å². The summed E-state index contributed by atoms with van der Waals surface area (Å²) in [4.78, 5) is 9.00. The van der Waals surface area contributed by atoms with Crippen LogP contribution in [0.25, 0.3) is 0 Å². The normalized spacial score (nSPS) is 8.25. The van der Waals surface area contributed by atoms with E-state index in [0.717, 1.165) is 6.92 Å². The van der Waals surface area contributed by atoms with Crippen molar-refractivity contribution < 1.29 is 9.90 Å². The maximum absolute atomic E-state index is 9.00. The third-order valence-corrected chi connectivity index (χ3v) is 2.07. The molecule has 0 aromatic heterocycles. The van der Waals surface area contributed by atoms with Crippen molar-refractivity contribution in [2.75, 3.05) is 0 Å². The van der Waals surface area contributed by atoms with E-state index >= 15 is 0 Å². The molecule has 0 aliphatic carbocycles. The van der Waals surface area contributed by atoms with E-state index in [-0.39, 0.29) is 0 Å². The Morgan fingerprint density at radius 2 is 1.83 bits per heavy atom. The number of carboxylic acids is 1. The number of hydrogen-bond donors (Lipinski definition) is 1. The summed E-state index contributed by atoms with van der Waals surface area (Å²) in [6.45, 7) is 1.08. The minimum atomic E-state index is -0.833. The third-order valence-electron chi connectivity index (χ3n) is 1.25. The van der Waals surface area contributed by atoms with E-state index in [0.29, 0.717) is 0 Å². The molecule has 0 atom stereocenters. The van der Waals surface area contributed by atoms with Crippen LogP contribution in [0.3, 0.4) is 0 Å². The van der Waals surface area contributed by atoms with Gasteiger partial charge in [0.2, 0.25) is 0 Å². The van der Waals surface area contributed by atoms with Gasteiger partial charge in [-0.2, -0.15) is 0 Å². The summed E-state index contributed by atoms with van der Waals surface area (Å²) in [6.07, 6.45) is 0. The first-order valence-corrected chi connectivity index (χ1v) is 5.31. The molecule has 0 spiro atoms. The van der Waals surface area contributed by atoms with Crippen LogP contribution in [0.1, 0.15) is 12.5 Å². The Hall–Kier alpha value is -0.310. The van der Waals surface area contributed by atoms with Crippen molar-refractivity contribution in [1.29, 1.82) is 0 Å². The maximum atomic E-state index is 9.00. The molecular weight excluding hydrogens is 163 g/mol. The van der Waals surface area contributed by atoms with Crippen molar-refractivity contribution >= 4 is 33.9 Å². The van der Waals surface area contributed by atoms with E-state index in [4.69, 9.17) is 9.90 Å². The molecule has 1 N–H and O–H groups in total. The van der Waals surface area contributed by atoms with Crippen LogP contribution in [0.2, 0.25) is 0 Å². The van der Waals surface area contributed by atoms with Crippen molar-refractivity contribution in [3.05, 3.63) is 35.9 Å². The monoisotopic (exact) mass is 174 g/mol. The van der Waals surface area contributed by atoms with Gasteiger partial charge in [0.05, 0.1) is 0 Å². The SMILES string of the molecule is CC(=O)O.[Na][CH2]c1ccccc1. The molecule has 0 aliphatic rings. The average molecular weight is 174 g/mol. The fourth-order valence-electron chi connectivity index (χ4n) is 0.714. The van der Waals surface area contributed by atoms with Gasteiger partial charge >= 0.3 is 67.5 Å². The minimum absolute atomic E-state index is 0.833. The zero-order valence-electron chi connectivity index (χ0n) is 7.45. The van der Waals surface area contributed by atoms with Gasteiger partial charge in [0.25, 0.3) is 5.97 Å². The molecule has 0 bridgehead atoms. The second-order valence-electron chi connectivity index (χ2n) is 2.36. The predicted molar refractivity (Wildman–Crippen MR) is 49.2 cm³/mol. The molecule has 12 heavy (non-hydrogen) atoms. The molecule has 3 heteroatoms. The Kier molecular flexibility index (Phi) is 7.16. The number of benzene rings is 1. The molecule has 0 saturated carbocycles. The van der Waals surface area contributed by atoms with E-state index < -0.39 is 5.97 Å². The van der Waals surface area contributed by atoms with Crippen LogP contribution in [-0.4, -0.2) is 39.0 Å². The van der Waals surface area contributed by atoms with E-state index in [1.807, 2.05) is 0 Å². The Morgan fingerprint density at radius 1 is 1.42 bits per heavy atom. The predicted octanol–water partition coefficient (Wildman–Crippen LogP) is 1.45. The summed E-state index contributed by atoms with van der Waals surface area (Å²) in [5.41, 5.74) is 1.47. The first kappa shape index (κ1) is 11.7. The van der Waals surface area contributed by atoms with Crippen molar-refractivity contribution in [1.82, 2.24) is 0 Å². The Bertz CT molecular complexity index is 217. The van der Waals surface area contributed by atoms with Crippen molar-refractivity contribution in [2.24, 2.45) is 0 Å². The first-order chi connectivity index (χ1) is 5.66. The van der Waals surface area contributed by atoms with Gasteiger partial charge in [-0.05, 0) is 0 Å². The summed E-state index contributed by atoms with van der Waals surface area (Å²) >= 11 is 1.28. The number of hydrogen-bond acceptors (Lipinski definition) is 1. The molecule has 2 nitrogen and oxygen atoms in total. The third kappa shape index (κ3) is 7.79. The van der Waals surface area contributed by atoms with Gasteiger partial charge in [-0.1, -0.05) is 0 Å². The van der Waals surface area contributed by atoms with Gasteiger partial charge in [0.15, 0.2) is 0 Å². The second-order valence-corrected chi connectivity index (χ2v) is 3.07. The van der Waals surface area contributed by atoms with Crippen LogP contribution >= 0.6 is 0 Å². The average Bonchev–Trinajstić information content (AvgIpc) is 2.05. The van der Waals surface area contributed by atoms with Gasteiger partial charge < -0.3 is 5.11 Å². The number of aliphatic carboxylic acids is 1. The molecule has 60 valence electrons. The van der Waals surface area contributed by atoms with Crippen LogP contribution in [0, 0.1) is 0 Å². The molecule has 1 aromatic carbocycles. The van der Waals surface area contributed by atoms with E-state index in [1.54, 1.807) is 0 Å². The number of carboxylic acid groups (broad SMARTS) is 1. The second kappa shape index (κ2) is 7.35. The van der Waals surface area contributed by atoms with Crippen LogP contribution in [0.5, 0.6) is 0 Å². The molecule has 0 heterocycles. The van der Waals surface area contributed by atoms with Gasteiger partial charge in [-0.25, -0.2) is 0 Å². The van der Waals surface area contributed by atoms with Crippen LogP contribution in [-0.2, 0) is 8.46 Å². The van der Waals surface area contributed by atoms with Gasteiger partial charge in [0.1, 0.15) is 0 Å². The fraction of sp³-hybridized carbons (Fsp3) is 0.222. The molecule has 0 fully saturated rings. The van der Waals surface area contributed by atoms with Crippen LogP contribution < -0.4 is 0 Å². The molecule has 0 aliphatic heterocycles. The summed E-state index contributed by atoms with van der Waals surface area (Å²) in [5, 5.41) is 7.42. The summed E-state index contributed by atoms with van der Waals surface area (Å²) in [5.74, 6) is -0.833. The summed E-state index contributed by atoms with van der Waals surface area (Å²) in [6, 6.07) is 10.6. The molecule has 1 rings (SSSR count). The van der Waals surface area contributed by atoms with Crippen molar-refractivity contribution in [3.63, 3.8) is 0 Å². The van der Waals surface area contributed by atoms with Crippen LogP contribution in [0.4, 0.5) is 0 Å². The summed E-state index contributed by atoms with van der Waals surface area (Å²) in [7, 11) is 0.